The molecule has 5 heteroatoms. The second kappa shape index (κ2) is 7.01. The number of carbonyl (C=O) groups is 1. The molecule has 1 saturated heterocycles. The molecule has 5 nitrogen and oxygen atoms in total. The normalized spacial score (nSPS) is 16.6. The van der Waals surface area contributed by atoms with Crippen LogP contribution in [0.3, 0.4) is 0 Å². The summed E-state index contributed by atoms with van der Waals surface area (Å²) in [6.07, 6.45) is 0.734. The fourth-order valence-corrected chi connectivity index (χ4v) is 2.43. The number of benzene rings is 1. The lowest BCUT2D eigenvalue weighted by atomic mass is 10.1. The Morgan fingerprint density at radius 3 is 2.27 bits per heavy atom. The van der Waals surface area contributed by atoms with Crippen molar-refractivity contribution in [2.45, 2.75) is 32.8 Å². The maximum Gasteiger partial charge on any atom is 0.410 e. The van der Waals surface area contributed by atoms with Crippen molar-refractivity contribution in [2.24, 2.45) is 0 Å². The first-order valence-electron chi connectivity index (χ1n) is 7.82. The number of amides is 1. The highest BCUT2D eigenvalue weighted by Crippen LogP contribution is 2.13. The molecule has 1 fully saturated rings. The summed E-state index contributed by atoms with van der Waals surface area (Å²) in [6.45, 7) is 9.80. The molecule has 1 aromatic carbocycles. The van der Waals surface area contributed by atoms with Gasteiger partial charge >= 0.3 is 6.09 Å². The molecule has 0 saturated carbocycles. The van der Waals surface area contributed by atoms with Crippen LogP contribution in [-0.2, 0) is 11.2 Å². The molecule has 1 amide bonds. The smallest absolute Gasteiger partial charge is 0.410 e. The van der Waals surface area contributed by atoms with Crippen molar-refractivity contribution < 1.29 is 14.6 Å². The summed E-state index contributed by atoms with van der Waals surface area (Å²) >= 11 is 0. The van der Waals surface area contributed by atoms with E-state index in [4.69, 9.17) is 4.74 Å². The Morgan fingerprint density at radius 2 is 1.73 bits per heavy atom. The Kier molecular flexibility index (Phi) is 5.29. The first kappa shape index (κ1) is 16.6. The largest absolute Gasteiger partial charge is 0.508 e. The lowest BCUT2D eigenvalue weighted by Crippen LogP contribution is -2.50. The number of piperazine rings is 1. The summed E-state index contributed by atoms with van der Waals surface area (Å²) in [4.78, 5) is 16.1. The number of hydrogen-bond acceptors (Lipinski definition) is 4. The fraction of sp³-hybridized carbons (Fsp3) is 0.588. The number of phenols is 1. The fourth-order valence-electron chi connectivity index (χ4n) is 2.43. The van der Waals surface area contributed by atoms with Gasteiger partial charge in [0.1, 0.15) is 11.4 Å². The topological polar surface area (TPSA) is 53.0 Å². The predicted octanol–water partition coefficient (Wildman–Crippen LogP) is 2.49. The van der Waals surface area contributed by atoms with Crippen molar-refractivity contribution in [1.82, 2.24) is 9.80 Å². The average molecular weight is 306 g/mol. The molecule has 1 N–H and O–H groups in total. The summed E-state index contributed by atoms with van der Waals surface area (Å²) in [7, 11) is 0. The summed E-state index contributed by atoms with van der Waals surface area (Å²) in [5.41, 5.74) is 0.778. The van der Waals surface area contributed by atoms with Gasteiger partial charge in [-0.3, -0.25) is 4.90 Å². The maximum absolute atomic E-state index is 12.0. The van der Waals surface area contributed by atoms with E-state index in [1.165, 1.54) is 5.56 Å². The van der Waals surface area contributed by atoms with Gasteiger partial charge in [0.15, 0.2) is 0 Å². The van der Waals surface area contributed by atoms with Crippen LogP contribution in [0.4, 0.5) is 4.79 Å². The first-order valence-corrected chi connectivity index (χ1v) is 7.82. The van der Waals surface area contributed by atoms with E-state index in [1.807, 2.05) is 32.9 Å². The quantitative estimate of drug-likeness (QED) is 0.932. The van der Waals surface area contributed by atoms with Crippen molar-refractivity contribution >= 4 is 6.09 Å². The number of hydrogen-bond donors (Lipinski definition) is 1. The van der Waals surface area contributed by atoms with Crippen LogP contribution in [0.5, 0.6) is 5.75 Å². The molecule has 0 aromatic heterocycles. The van der Waals surface area contributed by atoms with Crippen molar-refractivity contribution in [2.75, 3.05) is 32.7 Å². The minimum Gasteiger partial charge on any atom is -0.508 e. The van der Waals surface area contributed by atoms with Crippen molar-refractivity contribution in [1.29, 1.82) is 0 Å². The van der Waals surface area contributed by atoms with Crippen LogP contribution in [-0.4, -0.2) is 59.3 Å². The molecule has 0 radical (unpaired) electrons. The van der Waals surface area contributed by atoms with Crippen LogP contribution >= 0.6 is 0 Å². The molecule has 1 heterocycles. The molecule has 1 aliphatic heterocycles. The van der Waals surface area contributed by atoms with Crippen LogP contribution in [0.25, 0.3) is 0 Å². The zero-order chi connectivity index (χ0) is 16.2. The van der Waals surface area contributed by atoms with Gasteiger partial charge in [-0.25, -0.2) is 4.79 Å². The van der Waals surface area contributed by atoms with E-state index in [9.17, 15) is 9.90 Å². The minimum atomic E-state index is -0.437. The van der Waals surface area contributed by atoms with Gasteiger partial charge in [-0.2, -0.15) is 0 Å². The minimum absolute atomic E-state index is 0.217. The third kappa shape index (κ3) is 5.22. The summed E-state index contributed by atoms with van der Waals surface area (Å²) < 4.78 is 5.40. The van der Waals surface area contributed by atoms with Gasteiger partial charge in [0, 0.05) is 32.7 Å². The van der Waals surface area contributed by atoms with Crippen LogP contribution in [0.1, 0.15) is 26.3 Å². The molecular formula is C17H26N2O3. The second-order valence-electron chi connectivity index (χ2n) is 6.73. The molecule has 0 atom stereocenters. The first-order chi connectivity index (χ1) is 10.3. The third-order valence-electron chi connectivity index (χ3n) is 3.68. The van der Waals surface area contributed by atoms with Crippen LogP contribution in [0.2, 0.25) is 0 Å². The molecule has 0 spiro atoms. The standard InChI is InChI=1S/C17H26N2O3/c1-17(2,3)22-16(21)19-12-10-18(11-13-19)9-8-14-4-6-15(20)7-5-14/h4-7,20H,8-13H2,1-3H3. The average Bonchev–Trinajstić information content (AvgIpc) is 2.45. The lowest BCUT2D eigenvalue weighted by Gasteiger charge is -2.35. The number of ether oxygens (including phenoxy) is 1. The number of carbonyl (C=O) groups excluding carboxylic acids is 1. The lowest BCUT2D eigenvalue weighted by molar-refractivity contribution is 0.0146. The van der Waals surface area contributed by atoms with Gasteiger partial charge < -0.3 is 14.7 Å². The van der Waals surface area contributed by atoms with Crippen molar-refractivity contribution in [3.8, 4) is 5.75 Å². The molecule has 1 aliphatic rings. The van der Waals surface area contributed by atoms with Gasteiger partial charge in [0.2, 0.25) is 0 Å². The molecule has 1 aromatic rings. The molecule has 22 heavy (non-hydrogen) atoms. The highest BCUT2D eigenvalue weighted by molar-refractivity contribution is 5.68. The number of phenolic OH excluding ortho intramolecular Hbond substituents is 1. The van der Waals surface area contributed by atoms with Crippen molar-refractivity contribution in [3.05, 3.63) is 29.8 Å². The van der Waals surface area contributed by atoms with Gasteiger partial charge in [0.05, 0.1) is 0 Å². The molecule has 0 unspecified atom stereocenters. The SMILES string of the molecule is CC(C)(C)OC(=O)N1CCN(CCc2ccc(O)cc2)CC1. The zero-order valence-electron chi connectivity index (χ0n) is 13.7. The number of aromatic hydroxyl groups is 1. The van der Waals surface area contributed by atoms with Gasteiger partial charge in [0.25, 0.3) is 0 Å². The number of rotatable bonds is 3. The van der Waals surface area contributed by atoms with E-state index in [1.54, 1.807) is 17.0 Å². The Bertz CT molecular complexity index is 486. The Labute approximate surface area is 132 Å². The van der Waals surface area contributed by atoms with Crippen LogP contribution in [0, 0.1) is 0 Å². The highest BCUT2D eigenvalue weighted by Gasteiger charge is 2.25. The van der Waals surface area contributed by atoms with Crippen LogP contribution < -0.4 is 0 Å². The molecule has 2 rings (SSSR count). The van der Waals surface area contributed by atoms with E-state index >= 15 is 0 Å². The summed E-state index contributed by atoms with van der Waals surface area (Å²) in [6, 6.07) is 7.34. The van der Waals surface area contributed by atoms with Gasteiger partial charge in [-0.05, 0) is 44.9 Å². The van der Waals surface area contributed by atoms with Gasteiger partial charge in [-0.15, -0.1) is 0 Å². The third-order valence-corrected chi connectivity index (χ3v) is 3.68. The Hall–Kier alpha value is -1.75. The maximum atomic E-state index is 12.0. The second-order valence-corrected chi connectivity index (χ2v) is 6.73. The van der Waals surface area contributed by atoms with E-state index in [0.29, 0.717) is 18.8 Å². The highest BCUT2D eigenvalue weighted by atomic mass is 16.6. The van der Waals surface area contributed by atoms with Crippen molar-refractivity contribution in [3.63, 3.8) is 0 Å². The molecule has 0 bridgehead atoms. The van der Waals surface area contributed by atoms with Crippen LogP contribution in [0.15, 0.2) is 24.3 Å². The van der Waals surface area contributed by atoms with E-state index in [-0.39, 0.29) is 6.09 Å². The van der Waals surface area contributed by atoms with E-state index < -0.39 is 5.60 Å². The van der Waals surface area contributed by atoms with E-state index in [0.717, 1.165) is 26.1 Å². The number of nitrogens with zero attached hydrogens (tertiary/aromatic N) is 2. The molecule has 122 valence electrons. The molecule has 0 aliphatic carbocycles. The predicted molar refractivity (Wildman–Crippen MR) is 86.1 cm³/mol. The van der Waals surface area contributed by atoms with E-state index in [2.05, 4.69) is 4.90 Å². The Balaban J connectivity index is 1.73. The molecular weight excluding hydrogens is 280 g/mol. The van der Waals surface area contributed by atoms with Gasteiger partial charge in [-0.1, -0.05) is 12.1 Å². The summed E-state index contributed by atoms with van der Waals surface area (Å²) in [5.74, 6) is 0.301. The summed E-state index contributed by atoms with van der Waals surface area (Å²) in [5, 5.41) is 9.28. The zero-order valence-corrected chi connectivity index (χ0v) is 13.7. The Morgan fingerprint density at radius 1 is 1.14 bits per heavy atom. The monoisotopic (exact) mass is 306 g/mol.